The molecule has 5 nitrogen and oxygen atoms in total. The summed E-state index contributed by atoms with van der Waals surface area (Å²) in [6.45, 7) is 8.97. The molecule has 0 bridgehead atoms. The van der Waals surface area contributed by atoms with Crippen molar-refractivity contribution in [3.8, 4) is 0 Å². The second-order valence-electron chi connectivity index (χ2n) is 4.43. The maximum Gasteiger partial charge on any atom is 0.276 e. The van der Waals surface area contributed by atoms with Crippen LogP contribution in [0.2, 0.25) is 0 Å². The highest BCUT2D eigenvalue weighted by Crippen LogP contribution is 2.17. The molecule has 120 valence electrons. The minimum absolute atomic E-state index is 0.186. The Labute approximate surface area is 136 Å². The highest BCUT2D eigenvalue weighted by Gasteiger charge is 2.14. The SMILES string of the molecule is C=CC(=N/C=C\C)C(=O)N/C(O/N=C\C)=C(/C)c1ccccc1. The van der Waals surface area contributed by atoms with Gasteiger partial charge in [0.2, 0.25) is 5.88 Å². The summed E-state index contributed by atoms with van der Waals surface area (Å²) in [7, 11) is 0. The van der Waals surface area contributed by atoms with Gasteiger partial charge in [-0.15, -0.1) is 0 Å². The van der Waals surface area contributed by atoms with Crippen molar-refractivity contribution in [3.05, 3.63) is 66.7 Å². The molecule has 0 saturated carbocycles. The van der Waals surface area contributed by atoms with Crippen molar-refractivity contribution in [2.45, 2.75) is 20.8 Å². The molecule has 0 saturated heterocycles. The lowest BCUT2D eigenvalue weighted by Crippen LogP contribution is -2.30. The maximum atomic E-state index is 12.3. The lowest BCUT2D eigenvalue weighted by Gasteiger charge is -2.11. The lowest BCUT2D eigenvalue weighted by atomic mass is 10.1. The van der Waals surface area contributed by atoms with Crippen molar-refractivity contribution in [2.75, 3.05) is 0 Å². The summed E-state index contributed by atoms with van der Waals surface area (Å²) < 4.78 is 0. The smallest absolute Gasteiger partial charge is 0.276 e. The molecule has 1 aromatic carbocycles. The van der Waals surface area contributed by atoms with E-state index in [0.717, 1.165) is 11.1 Å². The van der Waals surface area contributed by atoms with Gasteiger partial charge in [-0.3, -0.25) is 15.1 Å². The fourth-order valence-electron chi connectivity index (χ4n) is 1.64. The van der Waals surface area contributed by atoms with E-state index in [0.29, 0.717) is 0 Å². The van der Waals surface area contributed by atoms with Gasteiger partial charge >= 0.3 is 0 Å². The third-order valence-electron chi connectivity index (χ3n) is 2.81. The minimum atomic E-state index is -0.422. The molecular formula is C18H21N3O2. The average Bonchev–Trinajstić information content (AvgIpc) is 2.59. The first-order chi connectivity index (χ1) is 11.1. The highest BCUT2D eigenvalue weighted by atomic mass is 16.6. The molecule has 0 heterocycles. The third-order valence-corrected chi connectivity index (χ3v) is 2.81. The Morgan fingerprint density at radius 1 is 1.26 bits per heavy atom. The van der Waals surface area contributed by atoms with Gasteiger partial charge in [0.1, 0.15) is 5.71 Å². The molecule has 1 aromatic rings. The Morgan fingerprint density at radius 2 is 1.96 bits per heavy atom. The standard InChI is InChI=1S/C18H21N3O2/c1-5-13-19-16(6-2)17(22)21-18(23-20-7-3)14(4)15-11-9-8-10-12-15/h5-13H,2H2,1,3-4H3,(H,21,22)/b13-5-,18-14+,19-16?,20-7-. The van der Waals surface area contributed by atoms with Crippen LogP contribution in [0.1, 0.15) is 26.3 Å². The van der Waals surface area contributed by atoms with Gasteiger partial charge < -0.3 is 4.84 Å². The number of nitrogens with one attached hydrogen (secondary N) is 1. The Hall–Kier alpha value is -2.95. The van der Waals surface area contributed by atoms with Crippen LogP contribution < -0.4 is 5.32 Å². The third kappa shape index (κ3) is 5.74. The van der Waals surface area contributed by atoms with E-state index in [2.05, 4.69) is 22.0 Å². The molecule has 23 heavy (non-hydrogen) atoms. The molecule has 0 aliphatic heterocycles. The van der Waals surface area contributed by atoms with Crippen molar-refractivity contribution >= 4 is 23.4 Å². The first kappa shape index (κ1) is 18.1. The molecule has 1 N–H and O–H groups in total. The van der Waals surface area contributed by atoms with Crippen LogP contribution in [-0.2, 0) is 9.63 Å². The number of rotatable bonds is 7. The minimum Gasteiger partial charge on any atom is -0.339 e. The summed E-state index contributed by atoms with van der Waals surface area (Å²) >= 11 is 0. The molecular weight excluding hydrogens is 290 g/mol. The summed E-state index contributed by atoms with van der Waals surface area (Å²) in [5, 5.41) is 6.42. The average molecular weight is 311 g/mol. The number of allylic oxidation sites excluding steroid dienone is 2. The van der Waals surface area contributed by atoms with E-state index >= 15 is 0 Å². The predicted octanol–water partition coefficient (Wildman–Crippen LogP) is 3.67. The van der Waals surface area contributed by atoms with E-state index < -0.39 is 5.91 Å². The fraction of sp³-hybridized carbons (Fsp3) is 0.167. The zero-order chi connectivity index (χ0) is 17.1. The number of benzene rings is 1. The van der Waals surface area contributed by atoms with Crippen LogP contribution >= 0.6 is 0 Å². The number of carbonyl (C=O) groups excluding carboxylic acids is 1. The molecule has 1 rings (SSSR count). The lowest BCUT2D eigenvalue weighted by molar-refractivity contribution is -0.114. The number of hydrogen-bond acceptors (Lipinski definition) is 4. The number of oxime groups is 1. The zero-order valence-electron chi connectivity index (χ0n) is 13.6. The van der Waals surface area contributed by atoms with Gasteiger partial charge in [0.25, 0.3) is 5.91 Å². The van der Waals surface area contributed by atoms with Gasteiger partial charge in [0.15, 0.2) is 0 Å². The summed E-state index contributed by atoms with van der Waals surface area (Å²) in [5.41, 5.74) is 1.85. The van der Waals surface area contributed by atoms with Crippen molar-refractivity contribution < 1.29 is 9.63 Å². The first-order valence-electron chi connectivity index (χ1n) is 7.18. The molecule has 0 atom stereocenters. The van der Waals surface area contributed by atoms with E-state index in [1.54, 1.807) is 13.0 Å². The van der Waals surface area contributed by atoms with Crippen molar-refractivity contribution in [2.24, 2.45) is 10.1 Å². The summed E-state index contributed by atoms with van der Waals surface area (Å²) in [4.78, 5) is 21.6. The van der Waals surface area contributed by atoms with E-state index in [9.17, 15) is 4.79 Å². The molecule has 0 spiro atoms. The van der Waals surface area contributed by atoms with Gasteiger partial charge in [0, 0.05) is 18.0 Å². The van der Waals surface area contributed by atoms with Crippen LogP contribution in [0.25, 0.3) is 5.57 Å². The normalized spacial score (nSPS) is 13.1. The summed E-state index contributed by atoms with van der Waals surface area (Å²) in [6.07, 6.45) is 6.12. The molecule has 0 fully saturated rings. The topological polar surface area (TPSA) is 63.0 Å². The quantitative estimate of drug-likeness (QED) is 0.474. The van der Waals surface area contributed by atoms with Gasteiger partial charge in [-0.1, -0.05) is 48.1 Å². The van der Waals surface area contributed by atoms with Crippen molar-refractivity contribution in [1.29, 1.82) is 0 Å². The van der Waals surface area contributed by atoms with E-state index in [1.165, 1.54) is 18.5 Å². The van der Waals surface area contributed by atoms with Gasteiger partial charge in [-0.25, -0.2) is 0 Å². The number of aliphatic imine (C=N–C) groups is 1. The summed E-state index contributed by atoms with van der Waals surface area (Å²) in [6, 6.07) is 9.57. The fourth-order valence-corrected chi connectivity index (χ4v) is 1.64. The zero-order valence-corrected chi connectivity index (χ0v) is 13.6. The van der Waals surface area contributed by atoms with E-state index in [1.807, 2.05) is 44.2 Å². The number of hydrogen-bond donors (Lipinski definition) is 1. The molecule has 0 aromatic heterocycles. The Kier molecular flexibility index (Phi) is 7.78. The molecule has 5 heteroatoms. The summed E-state index contributed by atoms with van der Waals surface area (Å²) in [5.74, 6) is -0.177. The molecule has 0 aliphatic rings. The first-order valence-corrected chi connectivity index (χ1v) is 7.18. The molecule has 1 amide bonds. The van der Waals surface area contributed by atoms with E-state index in [-0.39, 0.29) is 11.6 Å². The van der Waals surface area contributed by atoms with Crippen LogP contribution in [0.15, 0.2) is 71.3 Å². The Bertz CT molecular complexity index is 656. The monoisotopic (exact) mass is 311 g/mol. The number of carbonyl (C=O) groups is 1. The second kappa shape index (κ2) is 9.89. The molecule has 0 unspecified atom stereocenters. The van der Waals surface area contributed by atoms with Crippen molar-refractivity contribution in [1.82, 2.24) is 5.32 Å². The predicted molar refractivity (Wildman–Crippen MR) is 94.9 cm³/mol. The van der Waals surface area contributed by atoms with Gasteiger partial charge in [-0.05, 0) is 32.4 Å². The Morgan fingerprint density at radius 3 is 2.52 bits per heavy atom. The van der Waals surface area contributed by atoms with Crippen LogP contribution in [0.4, 0.5) is 0 Å². The van der Waals surface area contributed by atoms with E-state index in [4.69, 9.17) is 4.84 Å². The van der Waals surface area contributed by atoms with Gasteiger partial charge in [0.05, 0.1) is 0 Å². The highest BCUT2D eigenvalue weighted by molar-refractivity contribution is 6.43. The Balaban J connectivity index is 3.12. The van der Waals surface area contributed by atoms with Crippen LogP contribution in [0.5, 0.6) is 0 Å². The van der Waals surface area contributed by atoms with Crippen LogP contribution in [0.3, 0.4) is 0 Å². The largest absolute Gasteiger partial charge is 0.339 e. The second-order valence-corrected chi connectivity index (χ2v) is 4.43. The molecule has 0 radical (unpaired) electrons. The van der Waals surface area contributed by atoms with Crippen LogP contribution in [0, 0.1) is 0 Å². The number of nitrogens with zero attached hydrogens (tertiary/aromatic N) is 2. The molecule has 0 aliphatic carbocycles. The van der Waals surface area contributed by atoms with Gasteiger partial charge in [-0.2, -0.15) is 0 Å². The maximum absolute atomic E-state index is 12.3. The van der Waals surface area contributed by atoms with Crippen LogP contribution in [-0.4, -0.2) is 17.8 Å². The van der Waals surface area contributed by atoms with Crippen molar-refractivity contribution in [3.63, 3.8) is 0 Å². The number of amides is 1.